The highest BCUT2D eigenvalue weighted by atomic mass is 127. The zero-order valence-corrected chi connectivity index (χ0v) is 13.5. The summed E-state index contributed by atoms with van der Waals surface area (Å²) in [5.41, 5.74) is 0.543. The number of halogens is 3. The first-order valence-electron chi connectivity index (χ1n) is 5.95. The minimum absolute atomic E-state index is 0.119. The molecule has 5 heteroatoms. The van der Waals surface area contributed by atoms with Crippen molar-refractivity contribution in [2.24, 2.45) is 5.92 Å². The Hall–Kier alpha value is -0.170. The molecule has 0 saturated heterocycles. The van der Waals surface area contributed by atoms with Gasteiger partial charge in [-0.1, -0.05) is 22.4 Å². The van der Waals surface area contributed by atoms with Crippen molar-refractivity contribution in [3.8, 4) is 0 Å². The third-order valence-corrected chi connectivity index (χ3v) is 5.36. The standard InChI is InChI=1S/C13H14BrFINO/c14-11-3-1-2-8(11)7-17-13(18)10-5-4-9(15)6-12(10)16/h4-6,8,11H,1-3,7H2,(H,17,18). The number of amides is 1. The summed E-state index contributed by atoms with van der Waals surface area (Å²) in [6.45, 7) is 0.683. The molecule has 0 aliphatic heterocycles. The van der Waals surface area contributed by atoms with Crippen LogP contribution in [-0.4, -0.2) is 17.3 Å². The zero-order valence-electron chi connectivity index (χ0n) is 9.76. The minimum atomic E-state index is -0.313. The van der Waals surface area contributed by atoms with Crippen LogP contribution in [0, 0.1) is 15.3 Å². The van der Waals surface area contributed by atoms with Crippen molar-refractivity contribution in [1.29, 1.82) is 0 Å². The molecule has 1 N–H and O–H groups in total. The lowest BCUT2D eigenvalue weighted by molar-refractivity contribution is 0.0947. The van der Waals surface area contributed by atoms with Crippen molar-refractivity contribution in [2.75, 3.05) is 6.54 Å². The first-order chi connectivity index (χ1) is 8.58. The fraction of sp³-hybridized carbons (Fsp3) is 0.462. The second kappa shape index (κ2) is 6.32. The van der Waals surface area contributed by atoms with E-state index >= 15 is 0 Å². The Morgan fingerprint density at radius 2 is 2.28 bits per heavy atom. The van der Waals surface area contributed by atoms with Crippen LogP contribution in [0.15, 0.2) is 18.2 Å². The third kappa shape index (κ3) is 3.44. The average Bonchev–Trinajstić information content (AvgIpc) is 2.72. The number of carbonyl (C=O) groups excluding carboxylic acids is 1. The van der Waals surface area contributed by atoms with E-state index in [-0.39, 0.29) is 11.7 Å². The fourth-order valence-corrected chi connectivity index (χ4v) is 3.71. The predicted octanol–water partition coefficient (Wildman–Crippen LogP) is 3.72. The van der Waals surface area contributed by atoms with E-state index in [0.29, 0.717) is 26.4 Å². The largest absolute Gasteiger partial charge is 0.352 e. The lowest BCUT2D eigenvalue weighted by Crippen LogP contribution is -2.31. The van der Waals surface area contributed by atoms with Gasteiger partial charge in [-0.15, -0.1) is 0 Å². The summed E-state index contributed by atoms with van der Waals surface area (Å²) in [7, 11) is 0. The van der Waals surface area contributed by atoms with E-state index in [1.807, 2.05) is 22.6 Å². The molecule has 0 spiro atoms. The Labute approximate surface area is 128 Å². The molecule has 98 valence electrons. The quantitative estimate of drug-likeness (QED) is 0.580. The van der Waals surface area contributed by atoms with Gasteiger partial charge in [0.25, 0.3) is 5.91 Å². The van der Waals surface area contributed by atoms with Gasteiger partial charge in [0, 0.05) is 14.9 Å². The predicted molar refractivity (Wildman–Crippen MR) is 81.5 cm³/mol. The van der Waals surface area contributed by atoms with Crippen molar-refractivity contribution >= 4 is 44.4 Å². The van der Waals surface area contributed by atoms with Crippen LogP contribution >= 0.6 is 38.5 Å². The van der Waals surface area contributed by atoms with Crippen LogP contribution in [0.3, 0.4) is 0 Å². The van der Waals surface area contributed by atoms with E-state index in [1.165, 1.54) is 31.0 Å². The van der Waals surface area contributed by atoms with Gasteiger partial charge >= 0.3 is 0 Å². The van der Waals surface area contributed by atoms with Crippen LogP contribution in [0.4, 0.5) is 4.39 Å². The van der Waals surface area contributed by atoms with Crippen molar-refractivity contribution in [3.63, 3.8) is 0 Å². The lowest BCUT2D eigenvalue weighted by atomic mass is 10.1. The maximum Gasteiger partial charge on any atom is 0.252 e. The second-order valence-corrected chi connectivity index (χ2v) is 6.88. The molecular formula is C13H14BrFINO. The molecule has 2 atom stereocenters. The Morgan fingerprint density at radius 1 is 1.50 bits per heavy atom. The fourth-order valence-electron chi connectivity index (χ4n) is 2.21. The summed E-state index contributed by atoms with van der Waals surface area (Å²) >= 11 is 5.62. The third-order valence-electron chi connectivity index (χ3n) is 3.27. The summed E-state index contributed by atoms with van der Waals surface area (Å²) in [5.74, 6) is 0.0744. The van der Waals surface area contributed by atoms with E-state index in [0.717, 1.165) is 6.42 Å². The first kappa shape index (κ1) is 14.2. The summed E-state index contributed by atoms with van der Waals surface area (Å²) in [4.78, 5) is 12.5. The molecule has 0 bridgehead atoms. The van der Waals surface area contributed by atoms with E-state index in [9.17, 15) is 9.18 Å². The van der Waals surface area contributed by atoms with Crippen molar-refractivity contribution in [1.82, 2.24) is 5.32 Å². The highest BCUT2D eigenvalue weighted by Gasteiger charge is 2.25. The zero-order chi connectivity index (χ0) is 13.1. The molecule has 1 fully saturated rings. The van der Waals surface area contributed by atoms with Crippen LogP contribution in [0.1, 0.15) is 29.6 Å². The van der Waals surface area contributed by atoms with Gasteiger partial charge < -0.3 is 5.32 Å². The van der Waals surface area contributed by atoms with Crippen LogP contribution in [-0.2, 0) is 0 Å². The lowest BCUT2D eigenvalue weighted by Gasteiger charge is -2.15. The molecule has 1 saturated carbocycles. The van der Waals surface area contributed by atoms with Crippen LogP contribution < -0.4 is 5.32 Å². The Bertz CT molecular complexity index is 455. The monoisotopic (exact) mass is 425 g/mol. The highest BCUT2D eigenvalue weighted by Crippen LogP contribution is 2.30. The van der Waals surface area contributed by atoms with Gasteiger partial charge in [0.2, 0.25) is 0 Å². The van der Waals surface area contributed by atoms with E-state index in [2.05, 4.69) is 21.2 Å². The number of hydrogen-bond acceptors (Lipinski definition) is 1. The molecular weight excluding hydrogens is 412 g/mol. The summed E-state index contributed by atoms with van der Waals surface area (Å²) in [6, 6.07) is 4.23. The van der Waals surface area contributed by atoms with Crippen LogP contribution in [0.5, 0.6) is 0 Å². The van der Waals surface area contributed by atoms with Gasteiger partial charge in [0.15, 0.2) is 0 Å². The Balaban J connectivity index is 1.95. The number of alkyl halides is 1. The highest BCUT2D eigenvalue weighted by molar-refractivity contribution is 14.1. The molecule has 18 heavy (non-hydrogen) atoms. The number of nitrogens with one attached hydrogen (secondary N) is 1. The minimum Gasteiger partial charge on any atom is -0.352 e. The molecule has 1 aromatic rings. The van der Waals surface area contributed by atoms with Crippen molar-refractivity contribution in [3.05, 3.63) is 33.1 Å². The maximum atomic E-state index is 13.0. The Kier molecular flexibility index (Phi) is 5.00. The molecule has 1 amide bonds. The first-order valence-corrected chi connectivity index (χ1v) is 7.94. The van der Waals surface area contributed by atoms with Crippen molar-refractivity contribution < 1.29 is 9.18 Å². The van der Waals surface area contributed by atoms with Crippen LogP contribution in [0.2, 0.25) is 0 Å². The molecule has 1 aliphatic rings. The SMILES string of the molecule is O=C(NCC1CCCC1Br)c1ccc(F)cc1I. The second-order valence-electron chi connectivity index (χ2n) is 4.54. The maximum absolute atomic E-state index is 13.0. The molecule has 0 aromatic heterocycles. The molecule has 0 radical (unpaired) electrons. The number of rotatable bonds is 3. The summed E-state index contributed by atoms with van der Waals surface area (Å²) in [5, 5.41) is 2.94. The summed E-state index contributed by atoms with van der Waals surface area (Å²) < 4.78 is 13.6. The topological polar surface area (TPSA) is 29.1 Å². The van der Waals surface area contributed by atoms with Gasteiger partial charge in [0.05, 0.1) is 5.56 Å². The normalized spacial score (nSPS) is 23.1. The molecule has 2 nitrogen and oxygen atoms in total. The van der Waals surface area contributed by atoms with Gasteiger partial charge in [-0.3, -0.25) is 4.79 Å². The number of hydrogen-bond donors (Lipinski definition) is 1. The van der Waals surface area contributed by atoms with E-state index in [4.69, 9.17) is 0 Å². The number of carbonyl (C=O) groups is 1. The van der Waals surface area contributed by atoms with Crippen LogP contribution in [0.25, 0.3) is 0 Å². The van der Waals surface area contributed by atoms with Gasteiger partial charge in [0.1, 0.15) is 5.82 Å². The Morgan fingerprint density at radius 3 is 2.89 bits per heavy atom. The molecule has 2 rings (SSSR count). The molecule has 1 aromatic carbocycles. The van der Waals surface area contributed by atoms with E-state index < -0.39 is 0 Å². The average molecular weight is 426 g/mol. The van der Waals surface area contributed by atoms with Gasteiger partial charge in [-0.25, -0.2) is 4.39 Å². The molecule has 0 heterocycles. The van der Waals surface area contributed by atoms with E-state index in [1.54, 1.807) is 0 Å². The smallest absolute Gasteiger partial charge is 0.252 e. The number of benzene rings is 1. The van der Waals surface area contributed by atoms with Gasteiger partial charge in [-0.05, 0) is 59.5 Å². The van der Waals surface area contributed by atoms with Crippen molar-refractivity contribution in [2.45, 2.75) is 24.1 Å². The van der Waals surface area contributed by atoms with Gasteiger partial charge in [-0.2, -0.15) is 0 Å². The molecule has 1 aliphatic carbocycles. The molecule has 2 unspecified atom stereocenters. The summed E-state index contributed by atoms with van der Waals surface area (Å²) in [6.07, 6.45) is 3.54.